The number of likely N-dealkylation sites (N-methyl/N-ethyl adjacent to an activating group) is 1. The molecule has 29 heavy (non-hydrogen) atoms. The van der Waals surface area contributed by atoms with E-state index in [1.165, 1.54) is 9.80 Å². The fraction of sp³-hybridized carbons (Fsp3) is 0.450. The molecular formula is C20H24ClN5O3. The Labute approximate surface area is 175 Å². The number of carbonyl (C=O) groups is 2. The van der Waals surface area contributed by atoms with Crippen LogP contribution in [-0.2, 0) is 9.53 Å². The maximum absolute atomic E-state index is 13.3. The summed E-state index contributed by atoms with van der Waals surface area (Å²) < 4.78 is 5.35. The molecule has 154 valence electrons. The van der Waals surface area contributed by atoms with Crippen molar-refractivity contribution in [1.82, 2.24) is 14.7 Å². The molecule has 3 amide bonds. The minimum absolute atomic E-state index is 0.227. The van der Waals surface area contributed by atoms with Gasteiger partial charge in [0.15, 0.2) is 12.2 Å². The van der Waals surface area contributed by atoms with Gasteiger partial charge in [-0.15, -0.1) is 0 Å². The zero-order valence-corrected chi connectivity index (χ0v) is 17.7. The zero-order chi connectivity index (χ0) is 20.9. The van der Waals surface area contributed by atoms with E-state index in [4.69, 9.17) is 21.3 Å². The molecular weight excluding hydrogens is 394 g/mol. The molecule has 0 aliphatic carbocycles. The molecule has 1 aromatic rings. The molecule has 3 aliphatic heterocycles. The number of amides is 3. The van der Waals surface area contributed by atoms with Crippen molar-refractivity contribution in [3.8, 4) is 0 Å². The third-order valence-corrected chi connectivity index (χ3v) is 5.89. The molecule has 8 nitrogen and oxygen atoms in total. The molecule has 0 spiro atoms. The summed E-state index contributed by atoms with van der Waals surface area (Å²) in [6.07, 6.45) is -0.564. The SMILES string of the molecule is CCOCCN1C(=O)C2C(N=C3N(c4ccc(Cl)cc4)C(C)=C(C)N32)N(C)C1=O. The van der Waals surface area contributed by atoms with Crippen molar-refractivity contribution >= 4 is 35.2 Å². The fourth-order valence-electron chi connectivity index (χ4n) is 4.02. The Bertz CT molecular complexity index is 913. The van der Waals surface area contributed by atoms with Crippen molar-refractivity contribution in [1.29, 1.82) is 0 Å². The Kier molecular flexibility index (Phi) is 5.00. The van der Waals surface area contributed by atoms with Crippen LogP contribution < -0.4 is 4.90 Å². The smallest absolute Gasteiger partial charge is 0.328 e. The highest BCUT2D eigenvalue weighted by Gasteiger charge is 2.55. The Hall–Kier alpha value is -2.58. The summed E-state index contributed by atoms with van der Waals surface area (Å²) in [4.78, 5) is 37.6. The predicted molar refractivity (Wildman–Crippen MR) is 111 cm³/mol. The number of ether oxygens (including phenoxy) is 1. The number of nitrogens with zero attached hydrogens (tertiary/aromatic N) is 5. The summed E-state index contributed by atoms with van der Waals surface area (Å²) in [6.45, 7) is 6.93. The van der Waals surface area contributed by atoms with Gasteiger partial charge in [0.1, 0.15) is 0 Å². The van der Waals surface area contributed by atoms with E-state index in [1.807, 2.05) is 54.8 Å². The Morgan fingerprint density at radius 3 is 2.48 bits per heavy atom. The van der Waals surface area contributed by atoms with Crippen molar-refractivity contribution in [2.24, 2.45) is 4.99 Å². The van der Waals surface area contributed by atoms with Crippen molar-refractivity contribution in [2.75, 3.05) is 31.7 Å². The Morgan fingerprint density at radius 1 is 1.14 bits per heavy atom. The van der Waals surface area contributed by atoms with Gasteiger partial charge in [-0.25, -0.2) is 9.79 Å². The lowest BCUT2D eigenvalue weighted by molar-refractivity contribution is -0.137. The van der Waals surface area contributed by atoms with Gasteiger partial charge in [-0.2, -0.15) is 0 Å². The number of hydrogen-bond donors (Lipinski definition) is 0. The van der Waals surface area contributed by atoms with E-state index in [0.29, 0.717) is 24.2 Å². The van der Waals surface area contributed by atoms with Crippen LogP contribution in [0, 0.1) is 0 Å². The summed E-state index contributed by atoms with van der Waals surface area (Å²) in [6, 6.07) is 6.54. The molecule has 3 aliphatic rings. The number of fused-ring (bicyclic) bond motifs is 3. The molecule has 0 N–H and O–H groups in total. The van der Waals surface area contributed by atoms with Crippen molar-refractivity contribution in [2.45, 2.75) is 33.0 Å². The lowest BCUT2D eigenvalue weighted by Gasteiger charge is -2.40. The van der Waals surface area contributed by atoms with Gasteiger partial charge in [0, 0.05) is 35.8 Å². The maximum atomic E-state index is 13.3. The van der Waals surface area contributed by atoms with Crippen LogP contribution in [0.25, 0.3) is 0 Å². The Balaban J connectivity index is 1.69. The first-order valence-corrected chi connectivity index (χ1v) is 10.0. The second-order valence-corrected chi connectivity index (χ2v) is 7.66. The van der Waals surface area contributed by atoms with Gasteiger partial charge >= 0.3 is 6.03 Å². The van der Waals surface area contributed by atoms with Crippen LogP contribution in [0.3, 0.4) is 0 Å². The second-order valence-electron chi connectivity index (χ2n) is 7.22. The summed E-state index contributed by atoms with van der Waals surface area (Å²) >= 11 is 6.04. The number of aliphatic imine (C=N–C) groups is 1. The van der Waals surface area contributed by atoms with Crippen LogP contribution in [0.4, 0.5) is 10.5 Å². The van der Waals surface area contributed by atoms with Gasteiger partial charge in [0.2, 0.25) is 5.96 Å². The summed E-state index contributed by atoms with van der Waals surface area (Å²) in [5.74, 6) is 0.402. The highest BCUT2D eigenvalue weighted by Crippen LogP contribution is 2.40. The molecule has 1 saturated heterocycles. The van der Waals surface area contributed by atoms with Gasteiger partial charge in [0.25, 0.3) is 5.91 Å². The van der Waals surface area contributed by atoms with Gasteiger partial charge in [-0.05, 0) is 45.0 Å². The minimum Gasteiger partial charge on any atom is -0.380 e. The van der Waals surface area contributed by atoms with E-state index in [9.17, 15) is 9.59 Å². The molecule has 2 unspecified atom stereocenters. The van der Waals surface area contributed by atoms with E-state index in [-0.39, 0.29) is 18.5 Å². The highest BCUT2D eigenvalue weighted by molar-refractivity contribution is 6.30. The van der Waals surface area contributed by atoms with Crippen LogP contribution in [-0.4, -0.2) is 71.6 Å². The molecule has 2 atom stereocenters. The molecule has 1 fully saturated rings. The number of hydrogen-bond acceptors (Lipinski definition) is 6. The number of imide groups is 1. The first kappa shape index (κ1) is 19.7. The van der Waals surface area contributed by atoms with E-state index < -0.39 is 12.2 Å². The number of benzene rings is 1. The largest absolute Gasteiger partial charge is 0.380 e. The average Bonchev–Trinajstić information content (AvgIpc) is 3.20. The number of urea groups is 1. The van der Waals surface area contributed by atoms with Crippen LogP contribution in [0.15, 0.2) is 40.7 Å². The van der Waals surface area contributed by atoms with E-state index in [0.717, 1.165) is 17.1 Å². The lowest BCUT2D eigenvalue weighted by atomic mass is 10.1. The molecule has 0 saturated carbocycles. The summed E-state index contributed by atoms with van der Waals surface area (Å²) in [5, 5.41) is 0.649. The van der Waals surface area contributed by atoms with Gasteiger partial charge in [-0.1, -0.05) is 11.6 Å². The first-order chi connectivity index (χ1) is 13.9. The normalized spacial score (nSPS) is 23.8. The van der Waals surface area contributed by atoms with Gasteiger partial charge in [0.05, 0.1) is 13.2 Å². The molecule has 0 aromatic heterocycles. The monoisotopic (exact) mass is 417 g/mol. The fourth-order valence-corrected chi connectivity index (χ4v) is 4.14. The van der Waals surface area contributed by atoms with Crippen molar-refractivity contribution in [3.63, 3.8) is 0 Å². The van der Waals surface area contributed by atoms with Crippen LogP contribution >= 0.6 is 11.6 Å². The number of allylic oxidation sites excluding steroid dienone is 2. The van der Waals surface area contributed by atoms with Crippen molar-refractivity contribution < 1.29 is 14.3 Å². The summed E-state index contributed by atoms with van der Waals surface area (Å²) in [7, 11) is 1.69. The molecule has 0 bridgehead atoms. The number of halogens is 1. The number of rotatable bonds is 5. The number of carbonyl (C=O) groups excluding carboxylic acids is 2. The quantitative estimate of drug-likeness (QED) is 0.689. The topological polar surface area (TPSA) is 68.7 Å². The van der Waals surface area contributed by atoms with Crippen LogP contribution in [0.2, 0.25) is 5.02 Å². The van der Waals surface area contributed by atoms with Crippen LogP contribution in [0.5, 0.6) is 0 Å². The number of anilines is 1. The lowest BCUT2D eigenvalue weighted by Crippen LogP contribution is -2.65. The standard InChI is InChI=1S/C20H24ClN5O3/c1-5-29-11-10-24-18(27)16-17(23(4)20(24)28)22-19-25(12(2)13(3)26(16)19)15-8-6-14(21)7-9-15/h6-9,16-17H,5,10-11H2,1-4H3. The third kappa shape index (κ3) is 2.98. The van der Waals surface area contributed by atoms with E-state index in [2.05, 4.69) is 0 Å². The molecule has 9 heteroatoms. The van der Waals surface area contributed by atoms with E-state index in [1.54, 1.807) is 7.05 Å². The predicted octanol–water partition coefficient (Wildman–Crippen LogP) is 2.71. The maximum Gasteiger partial charge on any atom is 0.328 e. The second kappa shape index (κ2) is 7.35. The van der Waals surface area contributed by atoms with E-state index >= 15 is 0 Å². The Morgan fingerprint density at radius 2 is 1.83 bits per heavy atom. The van der Waals surface area contributed by atoms with Crippen LogP contribution in [0.1, 0.15) is 20.8 Å². The molecule has 1 aromatic carbocycles. The molecule has 0 radical (unpaired) electrons. The van der Waals surface area contributed by atoms with Crippen molar-refractivity contribution in [3.05, 3.63) is 40.7 Å². The zero-order valence-electron chi connectivity index (χ0n) is 16.9. The summed E-state index contributed by atoms with van der Waals surface area (Å²) in [5.41, 5.74) is 2.82. The average molecular weight is 418 g/mol. The highest BCUT2D eigenvalue weighted by atomic mass is 35.5. The molecule has 4 rings (SSSR count). The third-order valence-electron chi connectivity index (χ3n) is 5.64. The number of guanidine groups is 1. The van der Waals surface area contributed by atoms with Gasteiger partial charge < -0.3 is 9.64 Å². The minimum atomic E-state index is -0.582. The van der Waals surface area contributed by atoms with Gasteiger partial charge in [-0.3, -0.25) is 19.5 Å². The molecule has 3 heterocycles. The first-order valence-electron chi connectivity index (χ1n) is 9.63.